The third kappa shape index (κ3) is 4.84. The van der Waals surface area contributed by atoms with Gasteiger partial charge in [0.2, 0.25) is 0 Å². The first-order valence-electron chi connectivity index (χ1n) is 6.08. The van der Waals surface area contributed by atoms with Gasteiger partial charge in [0.05, 0.1) is 19.0 Å². The fourth-order valence-corrected chi connectivity index (χ4v) is 1.49. The summed E-state index contributed by atoms with van der Waals surface area (Å²) in [6.07, 6.45) is 9.40. The number of methoxy groups -OCH3 is 1. The Hall–Kier alpha value is -2.29. The van der Waals surface area contributed by atoms with Crippen molar-refractivity contribution in [2.24, 2.45) is 5.10 Å². The van der Waals surface area contributed by atoms with Gasteiger partial charge in [-0.05, 0) is 36.8 Å². The van der Waals surface area contributed by atoms with Crippen molar-refractivity contribution in [2.45, 2.75) is 6.92 Å². The van der Waals surface area contributed by atoms with Gasteiger partial charge in [-0.2, -0.15) is 5.10 Å². The first-order chi connectivity index (χ1) is 9.21. The maximum atomic E-state index is 5.12. The molecule has 0 fully saturated rings. The summed E-state index contributed by atoms with van der Waals surface area (Å²) in [6.45, 7) is 5.66. The Labute approximate surface area is 115 Å². The second-order valence-corrected chi connectivity index (χ2v) is 3.87. The molecule has 0 aliphatic heterocycles. The van der Waals surface area contributed by atoms with Crippen LogP contribution in [0.4, 0.5) is 5.69 Å². The van der Waals surface area contributed by atoms with Crippen LogP contribution >= 0.6 is 0 Å². The number of anilines is 1. The second kappa shape index (κ2) is 7.93. The lowest BCUT2D eigenvalue weighted by molar-refractivity contribution is 0.415. The molecule has 0 spiro atoms. The summed E-state index contributed by atoms with van der Waals surface area (Å²) in [4.78, 5) is 0. The van der Waals surface area contributed by atoms with Crippen molar-refractivity contribution >= 4 is 11.9 Å². The van der Waals surface area contributed by atoms with Gasteiger partial charge in [0, 0.05) is 7.05 Å². The highest BCUT2D eigenvalue weighted by atomic mass is 16.5. The SMILES string of the molecule is C=C/C=C(C=NN(C)c1ccc(OC)cc1)\C=C/C. The van der Waals surface area contributed by atoms with Crippen LogP contribution < -0.4 is 9.75 Å². The Morgan fingerprint density at radius 3 is 2.53 bits per heavy atom. The highest BCUT2D eigenvalue weighted by Gasteiger charge is 1.98. The van der Waals surface area contributed by atoms with Crippen molar-refractivity contribution < 1.29 is 4.74 Å². The lowest BCUT2D eigenvalue weighted by Gasteiger charge is -2.13. The van der Waals surface area contributed by atoms with E-state index in [-0.39, 0.29) is 0 Å². The summed E-state index contributed by atoms with van der Waals surface area (Å²) in [5.74, 6) is 0.835. The van der Waals surface area contributed by atoms with E-state index >= 15 is 0 Å². The van der Waals surface area contributed by atoms with Crippen LogP contribution in [0.15, 0.2) is 65.8 Å². The molecule has 1 aromatic carbocycles. The molecular formula is C16H20N2O. The van der Waals surface area contributed by atoms with E-state index in [0.29, 0.717) is 0 Å². The van der Waals surface area contributed by atoms with Crippen molar-refractivity contribution in [1.82, 2.24) is 0 Å². The standard InChI is InChI=1S/C16H20N2O/c1-5-7-14(8-6-2)13-17-18(3)15-9-11-16(19-4)12-10-15/h5-13H,1H2,2-4H3/b8-6-,14-7+,17-13?. The molecule has 3 nitrogen and oxygen atoms in total. The van der Waals surface area contributed by atoms with E-state index in [1.54, 1.807) is 24.4 Å². The average Bonchev–Trinajstić information content (AvgIpc) is 2.45. The van der Waals surface area contributed by atoms with Crippen LogP contribution in [0.2, 0.25) is 0 Å². The molecule has 0 radical (unpaired) electrons. The molecule has 0 N–H and O–H groups in total. The molecule has 1 rings (SSSR count). The first kappa shape index (κ1) is 14.8. The summed E-state index contributed by atoms with van der Waals surface area (Å²) in [7, 11) is 3.56. The first-order valence-corrected chi connectivity index (χ1v) is 6.08. The molecule has 19 heavy (non-hydrogen) atoms. The van der Waals surface area contributed by atoms with E-state index in [0.717, 1.165) is 17.0 Å². The maximum absolute atomic E-state index is 5.12. The number of rotatable bonds is 6. The van der Waals surface area contributed by atoms with E-state index in [2.05, 4.69) is 11.7 Å². The maximum Gasteiger partial charge on any atom is 0.119 e. The predicted octanol–water partition coefficient (Wildman–Crippen LogP) is 3.81. The van der Waals surface area contributed by atoms with Crippen molar-refractivity contribution in [2.75, 3.05) is 19.2 Å². The van der Waals surface area contributed by atoms with Gasteiger partial charge in [0.15, 0.2) is 0 Å². The van der Waals surface area contributed by atoms with Crippen LogP contribution in [0.25, 0.3) is 0 Å². The van der Waals surface area contributed by atoms with Gasteiger partial charge < -0.3 is 4.74 Å². The van der Waals surface area contributed by atoms with Crippen LogP contribution in [-0.4, -0.2) is 20.4 Å². The minimum Gasteiger partial charge on any atom is -0.497 e. The molecular weight excluding hydrogens is 236 g/mol. The fourth-order valence-electron chi connectivity index (χ4n) is 1.49. The van der Waals surface area contributed by atoms with Gasteiger partial charge in [-0.15, -0.1) is 0 Å². The highest BCUT2D eigenvalue weighted by molar-refractivity contribution is 5.83. The number of benzene rings is 1. The van der Waals surface area contributed by atoms with Crippen molar-refractivity contribution in [3.05, 3.63) is 60.7 Å². The highest BCUT2D eigenvalue weighted by Crippen LogP contribution is 2.18. The molecule has 0 amide bonds. The Bertz CT molecular complexity index is 484. The van der Waals surface area contributed by atoms with Crippen LogP contribution in [0.5, 0.6) is 5.75 Å². The van der Waals surface area contributed by atoms with E-state index in [4.69, 9.17) is 4.74 Å². The molecule has 0 aliphatic rings. The zero-order chi connectivity index (χ0) is 14.1. The number of hydrogen-bond acceptors (Lipinski definition) is 3. The zero-order valence-corrected chi connectivity index (χ0v) is 11.7. The van der Waals surface area contributed by atoms with Crippen molar-refractivity contribution in [3.63, 3.8) is 0 Å². The molecule has 0 unspecified atom stereocenters. The van der Waals surface area contributed by atoms with Gasteiger partial charge >= 0.3 is 0 Å². The molecule has 1 aromatic rings. The molecule has 0 aliphatic carbocycles. The molecule has 0 aromatic heterocycles. The van der Waals surface area contributed by atoms with Crippen LogP contribution in [0, 0.1) is 0 Å². The number of hydrogen-bond donors (Lipinski definition) is 0. The molecule has 0 bridgehead atoms. The molecule has 0 saturated heterocycles. The summed E-state index contributed by atoms with van der Waals surface area (Å²) >= 11 is 0. The molecule has 100 valence electrons. The van der Waals surface area contributed by atoms with Gasteiger partial charge in [-0.1, -0.05) is 30.9 Å². The Balaban J connectivity index is 2.79. The van der Waals surface area contributed by atoms with E-state index in [1.807, 2.05) is 56.5 Å². The third-order valence-electron chi connectivity index (χ3n) is 2.50. The number of nitrogens with zero attached hydrogens (tertiary/aromatic N) is 2. The quantitative estimate of drug-likeness (QED) is 0.439. The molecule has 0 saturated carbocycles. The average molecular weight is 256 g/mol. The predicted molar refractivity (Wildman–Crippen MR) is 83.0 cm³/mol. The Morgan fingerprint density at radius 1 is 1.32 bits per heavy atom. The fraction of sp³-hybridized carbons (Fsp3) is 0.188. The monoisotopic (exact) mass is 256 g/mol. The lowest BCUT2D eigenvalue weighted by Crippen LogP contribution is -2.08. The van der Waals surface area contributed by atoms with Crippen LogP contribution in [0.1, 0.15) is 6.92 Å². The molecule has 0 heterocycles. The van der Waals surface area contributed by atoms with Gasteiger partial charge in [-0.3, -0.25) is 5.01 Å². The van der Waals surface area contributed by atoms with Crippen LogP contribution in [0.3, 0.4) is 0 Å². The third-order valence-corrected chi connectivity index (χ3v) is 2.50. The summed E-state index contributed by atoms with van der Waals surface area (Å²) < 4.78 is 5.12. The van der Waals surface area contributed by atoms with Gasteiger partial charge in [-0.25, -0.2) is 0 Å². The topological polar surface area (TPSA) is 24.8 Å². The van der Waals surface area contributed by atoms with Gasteiger partial charge in [0.1, 0.15) is 5.75 Å². The van der Waals surface area contributed by atoms with Crippen molar-refractivity contribution in [1.29, 1.82) is 0 Å². The van der Waals surface area contributed by atoms with Crippen LogP contribution in [-0.2, 0) is 0 Å². The number of hydrazone groups is 1. The molecule has 0 atom stereocenters. The zero-order valence-electron chi connectivity index (χ0n) is 11.7. The molecule has 3 heteroatoms. The van der Waals surface area contributed by atoms with E-state index < -0.39 is 0 Å². The minimum atomic E-state index is 0.835. The second-order valence-electron chi connectivity index (χ2n) is 3.87. The smallest absolute Gasteiger partial charge is 0.119 e. The number of ether oxygens (including phenoxy) is 1. The van der Waals surface area contributed by atoms with Gasteiger partial charge in [0.25, 0.3) is 0 Å². The summed E-state index contributed by atoms with van der Waals surface area (Å²) in [5.41, 5.74) is 1.99. The Kier molecular flexibility index (Phi) is 6.16. The number of allylic oxidation sites excluding steroid dienone is 5. The largest absolute Gasteiger partial charge is 0.497 e. The van der Waals surface area contributed by atoms with E-state index in [9.17, 15) is 0 Å². The Morgan fingerprint density at radius 2 is 2.00 bits per heavy atom. The summed E-state index contributed by atoms with van der Waals surface area (Å²) in [6, 6.07) is 7.74. The normalized spacial score (nSPS) is 12.1. The summed E-state index contributed by atoms with van der Waals surface area (Å²) in [5, 5.41) is 6.19. The minimum absolute atomic E-state index is 0.835. The lowest BCUT2D eigenvalue weighted by atomic mass is 10.2. The van der Waals surface area contributed by atoms with E-state index in [1.165, 1.54) is 0 Å². The van der Waals surface area contributed by atoms with Crippen molar-refractivity contribution in [3.8, 4) is 5.75 Å².